The number of benzene rings is 12. The maximum absolute atomic E-state index is 7.42. The van der Waals surface area contributed by atoms with E-state index in [1.807, 2.05) is 11.3 Å². The van der Waals surface area contributed by atoms with Crippen LogP contribution in [0.15, 0.2) is 290 Å². The number of fused-ring (bicyclic) bond motifs is 12. The summed E-state index contributed by atoms with van der Waals surface area (Å²) in [4.78, 5) is 2.49. The summed E-state index contributed by atoms with van der Waals surface area (Å²) in [7, 11) is 0. The van der Waals surface area contributed by atoms with E-state index in [0.717, 1.165) is 44.6 Å². The van der Waals surface area contributed by atoms with Crippen molar-refractivity contribution in [3.05, 3.63) is 330 Å². The molecule has 0 spiro atoms. The third kappa shape index (κ3) is 6.18. The minimum absolute atomic E-state index is 0.588. The highest BCUT2D eigenvalue weighted by molar-refractivity contribution is 7.26. The van der Waals surface area contributed by atoms with Crippen LogP contribution in [-0.4, -0.2) is 0 Å². The average molecular weight is 998 g/mol. The van der Waals surface area contributed by atoms with E-state index in [1.54, 1.807) is 0 Å². The maximum Gasteiger partial charge on any atom is 0.142 e. The first-order valence-electron chi connectivity index (χ1n) is 26.6. The second kappa shape index (κ2) is 17.0. The minimum atomic E-state index is -0.677. The Morgan fingerprint density at radius 3 is 1.47 bits per heavy atom. The number of thiophene rings is 1. The molecule has 12 aromatic carbocycles. The van der Waals surface area contributed by atoms with Gasteiger partial charge in [0.25, 0.3) is 0 Å². The topological polar surface area (TPSA) is 16.4 Å². The SMILES string of the molecule is c1ccc(C2(c3ccccc3)c3ccccc3-c3ccc(N(c4ccc(-c5cccc6c5sc5ccccc56)cc4)c4ccc(C5(c6ccccc6)c6ccccc6-c6ccccc65)c5oc6ccccc6c45)cc32)cc1. The fraction of sp³-hybridized carbons (Fsp3) is 0.0270. The summed E-state index contributed by atoms with van der Waals surface area (Å²) in [5.41, 5.74) is 20.8. The highest BCUT2D eigenvalue weighted by Gasteiger charge is 2.49. The molecule has 2 aromatic heterocycles. The van der Waals surface area contributed by atoms with Gasteiger partial charge >= 0.3 is 0 Å². The molecule has 0 amide bonds. The van der Waals surface area contributed by atoms with Gasteiger partial charge in [-0.3, -0.25) is 0 Å². The van der Waals surface area contributed by atoms with Crippen molar-refractivity contribution in [2.75, 3.05) is 4.90 Å². The van der Waals surface area contributed by atoms with Gasteiger partial charge in [0.15, 0.2) is 0 Å². The number of para-hydroxylation sites is 1. The van der Waals surface area contributed by atoms with Gasteiger partial charge in [-0.15, -0.1) is 11.3 Å². The van der Waals surface area contributed by atoms with Gasteiger partial charge < -0.3 is 9.32 Å². The summed E-state index contributed by atoms with van der Waals surface area (Å²) < 4.78 is 10.0. The Morgan fingerprint density at radius 1 is 0.325 bits per heavy atom. The lowest BCUT2D eigenvalue weighted by Crippen LogP contribution is -2.29. The monoisotopic (exact) mass is 997 g/mol. The molecule has 0 N–H and O–H groups in total. The summed E-state index contributed by atoms with van der Waals surface area (Å²) in [6.45, 7) is 0. The largest absolute Gasteiger partial charge is 0.456 e. The van der Waals surface area contributed by atoms with Crippen molar-refractivity contribution >= 4 is 70.5 Å². The Hall–Kier alpha value is -9.54. The molecule has 16 rings (SSSR count). The molecular weight excluding hydrogens is 951 g/mol. The van der Waals surface area contributed by atoms with Crippen LogP contribution in [0.4, 0.5) is 17.1 Å². The lowest BCUT2D eigenvalue weighted by atomic mass is 9.67. The van der Waals surface area contributed by atoms with Crippen LogP contribution in [0, 0.1) is 0 Å². The number of hydrogen-bond donors (Lipinski definition) is 0. The molecule has 0 bridgehead atoms. The Bertz CT molecular complexity index is 4540. The summed E-state index contributed by atoms with van der Waals surface area (Å²) in [6.07, 6.45) is 0. The van der Waals surface area contributed by atoms with Crippen molar-refractivity contribution in [1.29, 1.82) is 0 Å². The molecule has 3 heteroatoms. The Labute approximate surface area is 451 Å². The molecule has 2 aliphatic carbocycles. The van der Waals surface area contributed by atoms with Crippen LogP contribution in [0.25, 0.3) is 75.5 Å². The van der Waals surface area contributed by atoms with Crippen molar-refractivity contribution in [2.45, 2.75) is 10.8 Å². The van der Waals surface area contributed by atoms with Crippen LogP contribution >= 0.6 is 11.3 Å². The van der Waals surface area contributed by atoms with Crippen LogP contribution in [0.3, 0.4) is 0 Å². The molecular formula is C74H47NOS. The van der Waals surface area contributed by atoms with E-state index in [9.17, 15) is 0 Å². The summed E-state index contributed by atoms with van der Waals surface area (Å²) in [5, 5.41) is 4.73. The van der Waals surface area contributed by atoms with Crippen LogP contribution in [0.5, 0.6) is 0 Å². The quantitative estimate of drug-likeness (QED) is 0.151. The lowest BCUT2D eigenvalue weighted by molar-refractivity contribution is 0.648. The molecule has 0 saturated carbocycles. The van der Waals surface area contributed by atoms with Crippen LogP contribution < -0.4 is 4.90 Å². The van der Waals surface area contributed by atoms with E-state index in [1.165, 1.54) is 92.5 Å². The van der Waals surface area contributed by atoms with E-state index < -0.39 is 10.8 Å². The fourth-order valence-corrected chi connectivity index (χ4v) is 15.0. The molecule has 0 unspecified atom stereocenters. The van der Waals surface area contributed by atoms with Crippen LogP contribution in [-0.2, 0) is 10.8 Å². The first-order chi connectivity index (χ1) is 38.2. The molecule has 0 aliphatic heterocycles. The standard InChI is InChI=1S/C74H47NOS/c1-4-21-49(22-5-1)73(50-23-6-2-7-24-50)62-34-15-10-29-57(62)58-44-43-53(47-66(58)73)75(52-41-39-48(40-42-52)54-32-20-33-60-59-30-14-19-38-69(59)77-72(54)60)67-46-45-65(71-70(67)61-31-13-18-37-68(61)76-71)74(51-25-8-3-9-26-51)63-35-16-11-27-55(63)56-28-12-17-36-64(56)74/h1-47H. The predicted molar refractivity (Wildman–Crippen MR) is 321 cm³/mol. The van der Waals surface area contributed by atoms with Gasteiger partial charge in [-0.25, -0.2) is 0 Å². The normalized spacial score (nSPS) is 13.7. The first-order valence-corrected chi connectivity index (χ1v) is 27.4. The molecule has 0 atom stereocenters. The summed E-state index contributed by atoms with van der Waals surface area (Å²) in [5.74, 6) is 0. The molecule has 14 aromatic rings. The summed E-state index contributed by atoms with van der Waals surface area (Å²) in [6, 6.07) is 106. The lowest BCUT2D eigenvalue weighted by Gasteiger charge is -2.35. The van der Waals surface area contributed by atoms with Crippen LogP contribution in [0.1, 0.15) is 44.5 Å². The second-order valence-corrected chi connectivity index (χ2v) is 21.6. The van der Waals surface area contributed by atoms with Gasteiger partial charge in [-0.1, -0.05) is 243 Å². The maximum atomic E-state index is 7.42. The smallest absolute Gasteiger partial charge is 0.142 e. The van der Waals surface area contributed by atoms with Gasteiger partial charge in [-0.05, 0) is 115 Å². The highest BCUT2D eigenvalue weighted by Crippen LogP contribution is 2.61. The number of furan rings is 1. The van der Waals surface area contributed by atoms with E-state index in [2.05, 4.69) is 290 Å². The number of rotatable bonds is 8. The van der Waals surface area contributed by atoms with Gasteiger partial charge in [0.05, 0.1) is 21.9 Å². The number of hydrogen-bond acceptors (Lipinski definition) is 3. The zero-order valence-corrected chi connectivity index (χ0v) is 42.7. The van der Waals surface area contributed by atoms with E-state index in [0.29, 0.717) is 0 Å². The summed E-state index contributed by atoms with van der Waals surface area (Å²) >= 11 is 1.87. The third-order valence-corrected chi connectivity index (χ3v) is 18.1. The molecule has 360 valence electrons. The Balaban J connectivity index is 0.986. The fourth-order valence-electron chi connectivity index (χ4n) is 13.7. The molecule has 2 nitrogen and oxygen atoms in total. The minimum Gasteiger partial charge on any atom is -0.456 e. The van der Waals surface area contributed by atoms with Crippen molar-refractivity contribution < 1.29 is 4.42 Å². The zero-order chi connectivity index (χ0) is 50.7. The van der Waals surface area contributed by atoms with Crippen molar-refractivity contribution in [3.8, 4) is 33.4 Å². The second-order valence-electron chi connectivity index (χ2n) is 20.6. The molecule has 0 radical (unpaired) electrons. The highest BCUT2D eigenvalue weighted by atomic mass is 32.1. The van der Waals surface area contributed by atoms with Gasteiger partial charge in [0, 0.05) is 42.5 Å². The van der Waals surface area contributed by atoms with E-state index in [-0.39, 0.29) is 0 Å². The zero-order valence-electron chi connectivity index (χ0n) is 41.9. The van der Waals surface area contributed by atoms with Gasteiger partial charge in [0.2, 0.25) is 0 Å². The first kappa shape index (κ1) is 43.8. The Kier molecular flexibility index (Phi) is 9.67. The predicted octanol–water partition coefficient (Wildman–Crippen LogP) is 19.8. The molecule has 0 fully saturated rings. The van der Waals surface area contributed by atoms with Gasteiger partial charge in [0.1, 0.15) is 11.2 Å². The molecule has 0 saturated heterocycles. The van der Waals surface area contributed by atoms with E-state index >= 15 is 0 Å². The average Bonchev–Trinajstić information content (AvgIpc) is 4.09. The molecule has 2 heterocycles. The van der Waals surface area contributed by atoms with Crippen molar-refractivity contribution in [1.82, 2.24) is 0 Å². The van der Waals surface area contributed by atoms with Crippen molar-refractivity contribution in [2.24, 2.45) is 0 Å². The molecule has 2 aliphatic rings. The Morgan fingerprint density at radius 2 is 0.818 bits per heavy atom. The van der Waals surface area contributed by atoms with Crippen LogP contribution in [0.2, 0.25) is 0 Å². The third-order valence-electron chi connectivity index (χ3n) is 16.8. The van der Waals surface area contributed by atoms with Gasteiger partial charge in [-0.2, -0.15) is 0 Å². The van der Waals surface area contributed by atoms with E-state index in [4.69, 9.17) is 4.42 Å². The molecule has 77 heavy (non-hydrogen) atoms. The number of anilines is 3. The van der Waals surface area contributed by atoms with Crippen molar-refractivity contribution in [3.63, 3.8) is 0 Å². The number of nitrogens with zero attached hydrogens (tertiary/aromatic N) is 1.